The van der Waals surface area contributed by atoms with Gasteiger partial charge in [-0.05, 0) is 26.0 Å². The van der Waals surface area contributed by atoms with Crippen LogP contribution in [0, 0.1) is 6.92 Å². The molecule has 1 aromatic heterocycles. The van der Waals surface area contributed by atoms with Crippen molar-refractivity contribution in [2.45, 2.75) is 24.3 Å². The van der Waals surface area contributed by atoms with Crippen LogP contribution in [-0.4, -0.2) is 21.2 Å². The van der Waals surface area contributed by atoms with Crippen LogP contribution in [0.5, 0.6) is 0 Å². The van der Waals surface area contributed by atoms with Gasteiger partial charge in [-0.1, -0.05) is 59.8 Å². The molecule has 0 unspecified atom stereocenters. The molecule has 0 radical (unpaired) electrons. The highest BCUT2D eigenvalue weighted by atomic mass is 32.2. The van der Waals surface area contributed by atoms with Gasteiger partial charge in [-0.25, -0.2) is 0 Å². The van der Waals surface area contributed by atoms with Crippen LogP contribution >= 0.6 is 11.8 Å². The van der Waals surface area contributed by atoms with Crippen LogP contribution in [0.4, 0.5) is 0 Å². The van der Waals surface area contributed by atoms with E-state index >= 15 is 0 Å². The minimum atomic E-state index is -0.289. The molecule has 1 heterocycles. The monoisotopic (exact) mass is 324 g/mol. The fourth-order valence-corrected chi connectivity index (χ4v) is 2.95. The summed E-state index contributed by atoms with van der Waals surface area (Å²) in [6.07, 6.45) is 0. The first-order valence-electron chi connectivity index (χ1n) is 7.30. The Kier molecular flexibility index (Phi) is 4.57. The Morgan fingerprint density at radius 2 is 1.87 bits per heavy atom. The molecule has 0 aliphatic rings. The van der Waals surface area contributed by atoms with Crippen LogP contribution in [0.3, 0.4) is 0 Å². The first-order valence-corrected chi connectivity index (χ1v) is 8.18. The maximum absolute atomic E-state index is 12.4. The molecule has 0 amide bonds. The minimum Gasteiger partial charge on any atom is -0.411 e. The Labute approximate surface area is 138 Å². The predicted octanol–water partition coefficient (Wildman–Crippen LogP) is 4.41. The zero-order valence-corrected chi connectivity index (χ0v) is 13.7. The summed E-state index contributed by atoms with van der Waals surface area (Å²) >= 11 is 1.28. The summed E-state index contributed by atoms with van der Waals surface area (Å²) in [5.41, 5.74) is 2.69. The van der Waals surface area contributed by atoms with Gasteiger partial charge in [-0.15, -0.1) is 10.2 Å². The molecular formula is C18H16N2O2S. The number of benzene rings is 2. The topological polar surface area (TPSA) is 56.0 Å². The highest BCUT2D eigenvalue weighted by molar-refractivity contribution is 8.00. The Balaban J connectivity index is 1.73. The van der Waals surface area contributed by atoms with Gasteiger partial charge in [0.25, 0.3) is 5.22 Å². The van der Waals surface area contributed by atoms with E-state index in [9.17, 15) is 4.79 Å². The highest BCUT2D eigenvalue weighted by Crippen LogP contribution is 2.27. The van der Waals surface area contributed by atoms with E-state index in [2.05, 4.69) is 10.2 Å². The van der Waals surface area contributed by atoms with Crippen LogP contribution in [0.1, 0.15) is 22.8 Å². The van der Waals surface area contributed by atoms with Crippen LogP contribution < -0.4 is 0 Å². The summed E-state index contributed by atoms with van der Waals surface area (Å²) < 4.78 is 5.67. The van der Waals surface area contributed by atoms with E-state index < -0.39 is 0 Å². The van der Waals surface area contributed by atoms with E-state index in [1.165, 1.54) is 11.8 Å². The van der Waals surface area contributed by atoms with Crippen LogP contribution in [0.2, 0.25) is 0 Å². The predicted molar refractivity (Wildman–Crippen MR) is 90.6 cm³/mol. The van der Waals surface area contributed by atoms with Gasteiger partial charge in [0.05, 0.1) is 5.25 Å². The lowest BCUT2D eigenvalue weighted by Gasteiger charge is -2.06. The summed E-state index contributed by atoms with van der Waals surface area (Å²) in [6.45, 7) is 3.85. The highest BCUT2D eigenvalue weighted by Gasteiger charge is 2.19. The lowest BCUT2D eigenvalue weighted by atomic mass is 10.1. The zero-order chi connectivity index (χ0) is 16.2. The van der Waals surface area contributed by atoms with E-state index in [1.54, 1.807) is 0 Å². The molecule has 0 saturated carbocycles. The molecule has 3 aromatic rings. The average Bonchev–Trinajstić information content (AvgIpc) is 3.03. The fraction of sp³-hybridized carbons (Fsp3) is 0.167. The standard InChI is InChI=1S/C18H16N2O2S/c1-12-7-6-10-15(11-12)17-19-20-18(22-17)23-13(2)16(21)14-8-4-3-5-9-14/h3-11,13H,1-2H3/t13-/m1/s1. The maximum atomic E-state index is 12.4. The van der Waals surface area contributed by atoms with Crippen LogP contribution in [0.15, 0.2) is 64.2 Å². The van der Waals surface area contributed by atoms with Gasteiger partial charge >= 0.3 is 0 Å². The van der Waals surface area contributed by atoms with E-state index in [0.717, 1.165) is 11.1 Å². The lowest BCUT2D eigenvalue weighted by molar-refractivity contribution is 0.0993. The quantitative estimate of drug-likeness (QED) is 0.514. The van der Waals surface area contributed by atoms with Gasteiger partial charge < -0.3 is 4.42 Å². The number of ketones is 1. The number of rotatable bonds is 5. The number of aryl methyl sites for hydroxylation is 1. The van der Waals surface area contributed by atoms with E-state index in [1.807, 2.05) is 68.4 Å². The largest absolute Gasteiger partial charge is 0.411 e. The zero-order valence-electron chi connectivity index (χ0n) is 12.9. The molecule has 23 heavy (non-hydrogen) atoms. The number of carbonyl (C=O) groups excluding carboxylic acids is 1. The van der Waals surface area contributed by atoms with Crippen molar-refractivity contribution in [3.8, 4) is 11.5 Å². The number of hydrogen-bond acceptors (Lipinski definition) is 5. The van der Waals surface area contributed by atoms with Crippen molar-refractivity contribution in [1.82, 2.24) is 10.2 Å². The Bertz CT molecular complexity index is 815. The third-order valence-electron chi connectivity index (χ3n) is 3.38. The second-order valence-corrected chi connectivity index (χ2v) is 6.53. The number of Topliss-reactive ketones (excluding diaryl/α,β-unsaturated/α-hetero) is 1. The molecule has 0 spiro atoms. The van der Waals surface area contributed by atoms with Crippen molar-refractivity contribution in [3.63, 3.8) is 0 Å². The molecule has 0 fully saturated rings. The number of thioether (sulfide) groups is 1. The third-order valence-corrected chi connectivity index (χ3v) is 4.31. The molecule has 1 atom stereocenters. The molecule has 0 N–H and O–H groups in total. The number of nitrogens with zero attached hydrogens (tertiary/aromatic N) is 2. The Morgan fingerprint density at radius 1 is 1.09 bits per heavy atom. The first kappa shape index (κ1) is 15.5. The van der Waals surface area contributed by atoms with Gasteiger partial charge in [-0.2, -0.15) is 0 Å². The third kappa shape index (κ3) is 3.68. The molecule has 5 heteroatoms. The summed E-state index contributed by atoms with van der Waals surface area (Å²) in [7, 11) is 0. The fourth-order valence-electron chi connectivity index (χ4n) is 2.19. The SMILES string of the molecule is Cc1cccc(-c2nnc(S[C@H](C)C(=O)c3ccccc3)o2)c1. The molecule has 116 valence electrons. The van der Waals surface area contributed by atoms with Gasteiger partial charge in [0, 0.05) is 11.1 Å². The molecule has 2 aromatic carbocycles. The van der Waals surface area contributed by atoms with Crippen molar-refractivity contribution in [2.75, 3.05) is 0 Å². The van der Waals surface area contributed by atoms with Crippen molar-refractivity contribution >= 4 is 17.5 Å². The first-order chi connectivity index (χ1) is 11.1. The summed E-state index contributed by atoms with van der Waals surface area (Å²) in [4.78, 5) is 12.4. The van der Waals surface area contributed by atoms with Gasteiger partial charge in [0.1, 0.15) is 0 Å². The molecule has 0 bridgehead atoms. The van der Waals surface area contributed by atoms with Crippen molar-refractivity contribution in [1.29, 1.82) is 0 Å². The number of carbonyl (C=O) groups is 1. The minimum absolute atomic E-state index is 0.0471. The van der Waals surface area contributed by atoms with Crippen molar-refractivity contribution in [2.24, 2.45) is 0 Å². The second-order valence-electron chi connectivity index (χ2n) is 5.23. The Morgan fingerprint density at radius 3 is 2.61 bits per heavy atom. The van der Waals surface area contributed by atoms with E-state index in [4.69, 9.17) is 4.42 Å². The lowest BCUT2D eigenvalue weighted by Crippen LogP contribution is -2.13. The van der Waals surface area contributed by atoms with Crippen molar-refractivity contribution < 1.29 is 9.21 Å². The second kappa shape index (κ2) is 6.79. The normalized spacial score (nSPS) is 12.1. The number of hydrogen-bond donors (Lipinski definition) is 0. The summed E-state index contributed by atoms with van der Waals surface area (Å²) in [6, 6.07) is 17.1. The molecular weight excluding hydrogens is 308 g/mol. The summed E-state index contributed by atoms with van der Waals surface area (Å²) in [5.74, 6) is 0.515. The maximum Gasteiger partial charge on any atom is 0.277 e. The van der Waals surface area contributed by atoms with Gasteiger partial charge in [0.15, 0.2) is 5.78 Å². The van der Waals surface area contributed by atoms with E-state index in [0.29, 0.717) is 16.7 Å². The van der Waals surface area contributed by atoms with Gasteiger partial charge in [0.2, 0.25) is 5.89 Å². The molecule has 0 aliphatic heterocycles. The average molecular weight is 324 g/mol. The van der Waals surface area contributed by atoms with E-state index in [-0.39, 0.29) is 11.0 Å². The summed E-state index contributed by atoms with van der Waals surface area (Å²) in [5, 5.41) is 8.21. The van der Waals surface area contributed by atoms with Crippen molar-refractivity contribution in [3.05, 3.63) is 65.7 Å². The Hall–Kier alpha value is -2.40. The smallest absolute Gasteiger partial charge is 0.277 e. The van der Waals surface area contributed by atoms with Crippen LogP contribution in [0.25, 0.3) is 11.5 Å². The molecule has 0 saturated heterocycles. The molecule has 4 nitrogen and oxygen atoms in total. The van der Waals surface area contributed by atoms with Gasteiger partial charge in [-0.3, -0.25) is 4.79 Å². The van der Waals surface area contributed by atoms with Crippen LogP contribution in [-0.2, 0) is 0 Å². The number of aromatic nitrogens is 2. The molecule has 3 rings (SSSR count). The molecule has 0 aliphatic carbocycles.